The Balaban J connectivity index is 1.22. The van der Waals surface area contributed by atoms with Crippen LogP contribution < -0.4 is 9.64 Å². The molecule has 0 saturated carbocycles. The maximum atomic E-state index is 14.0. The van der Waals surface area contributed by atoms with Crippen molar-refractivity contribution in [3.8, 4) is 17.1 Å². The van der Waals surface area contributed by atoms with E-state index in [0.717, 1.165) is 62.6 Å². The van der Waals surface area contributed by atoms with Crippen LogP contribution in [0.3, 0.4) is 0 Å². The average Bonchev–Trinajstić information content (AvgIpc) is 3.57. The second-order valence-electron chi connectivity index (χ2n) is 12.1. The standard InChI is InChI=1S/C35H43N9O3/c1-27-30(26-38-35(39-27)44-21-19-40(2)20-22-44)33(45)42-14-5-6-15-43(34(46)31-11-3-4-12-36-31)23-24-47-29-10-7-9-28(25-29)32-37-13-18-41(32)16-8-17-42/h3-4,7,9-13,18,25-26H,5-6,8,14-17,19-24H2,1-2H3. The minimum absolute atomic E-state index is 0.0706. The molecule has 0 aliphatic carbocycles. The molecule has 0 radical (unpaired) electrons. The van der Waals surface area contributed by atoms with Crippen molar-refractivity contribution in [1.29, 1.82) is 0 Å². The third-order valence-electron chi connectivity index (χ3n) is 8.81. The summed E-state index contributed by atoms with van der Waals surface area (Å²) in [6.07, 6.45) is 9.29. The van der Waals surface area contributed by atoms with Crippen molar-refractivity contribution in [2.24, 2.45) is 0 Å². The van der Waals surface area contributed by atoms with E-state index in [-0.39, 0.29) is 11.8 Å². The zero-order chi connectivity index (χ0) is 32.6. The number of pyridine rings is 1. The van der Waals surface area contributed by atoms with Crippen LogP contribution in [0.5, 0.6) is 5.75 Å². The first kappa shape index (κ1) is 32.1. The molecule has 12 nitrogen and oxygen atoms in total. The first-order chi connectivity index (χ1) is 23.0. The van der Waals surface area contributed by atoms with Gasteiger partial charge in [-0.3, -0.25) is 14.6 Å². The maximum Gasteiger partial charge on any atom is 0.272 e. The summed E-state index contributed by atoms with van der Waals surface area (Å²) in [5.74, 6) is 2.03. The van der Waals surface area contributed by atoms with Crippen LogP contribution in [0, 0.1) is 6.92 Å². The van der Waals surface area contributed by atoms with Crippen LogP contribution in [0.4, 0.5) is 5.95 Å². The minimum Gasteiger partial charge on any atom is -0.492 e. The molecule has 4 aromatic rings. The highest BCUT2D eigenvalue weighted by atomic mass is 16.5. The predicted molar refractivity (Wildman–Crippen MR) is 180 cm³/mol. The van der Waals surface area contributed by atoms with Crippen LogP contribution in [0.1, 0.15) is 45.8 Å². The number of amides is 2. The molecule has 2 aliphatic heterocycles. The van der Waals surface area contributed by atoms with Crippen LogP contribution in [0.15, 0.2) is 67.3 Å². The Bertz CT molecular complexity index is 1650. The number of hydrogen-bond donors (Lipinski definition) is 0. The fraction of sp³-hybridized carbons (Fsp3) is 0.429. The number of nitrogens with zero attached hydrogens (tertiary/aromatic N) is 9. The minimum atomic E-state index is -0.135. The zero-order valence-corrected chi connectivity index (χ0v) is 27.3. The molecule has 0 unspecified atom stereocenters. The molecule has 0 atom stereocenters. The lowest BCUT2D eigenvalue weighted by molar-refractivity contribution is 0.0700. The number of piperazine rings is 1. The summed E-state index contributed by atoms with van der Waals surface area (Å²) in [4.78, 5) is 53.9. The first-order valence-electron chi connectivity index (χ1n) is 16.5. The Morgan fingerprint density at radius 2 is 1.55 bits per heavy atom. The number of carbonyl (C=O) groups is 2. The molecule has 1 aromatic carbocycles. The molecule has 2 bridgehead atoms. The molecular weight excluding hydrogens is 594 g/mol. The fourth-order valence-corrected chi connectivity index (χ4v) is 6.06. The Morgan fingerprint density at radius 3 is 2.32 bits per heavy atom. The van der Waals surface area contributed by atoms with E-state index in [4.69, 9.17) is 9.72 Å². The van der Waals surface area contributed by atoms with E-state index in [2.05, 4.69) is 36.4 Å². The summed E-state index contributed by atoms with van der Waals surface area (Å²) in [7, 11) is 2.12. The molecule has 12 heteroatoms. The van der Waals surface area contributed by atoms with Gasteiger partial charge in [0.15, 0.2) is 0 Å². The van der Waals surface area contributed by atoms with Gasteiger partial charge >= 0.3 is 0 Å². The van der Waals surface area contributed by atoms with Crippen LogP contribution in [-0.4, -0.2) is 117 Å². The van der Waals surface area contributed by atoms with E-state index in [9.17, 15) is 9.59 Å². The van der Waals surface area contributed by atoms with E-state index < -0.39 is 0 Å². The van der Waals surface area contributed by atoms with E-state index in [0.29, 0.717) is 62.2 Å². The van der Waals surface area contributed by atoms with E-state index in [1.165, 1.54) is 0 Å². The maximum absolute atomic E-state index is 14.0. The molecule has 3 aromatic heterocycles. The van der Waals surface area contributed by atoms with Crippen molar-refractivity contribution in [1.82, 2.24) is 39.2 Å². The first-order valence-corrected chi connectivity index (χ1v) is 16.5. The van der Waals surface area contributed by atoms with Crippen LogP contribution >= 0.6 is 0 Å². The molecule has 0 N–H and O–H groups in total. The Labute approximate surface area is 276 Å². The smallest absolute Gasteiger partial charge is 0.272 e. The Kier molecular flexibility index (Phi) is 10.4. The number of benzene rings is 1. The lowest BCUT2D eigenvalue weighted by Gasteiger charge is -2.32. The quantitative estimate of drug-likeness (QED) is 0.332. The van der Waals surface area contributed by atoms with Gasteiger partial charge in [0.1, 0.15) is 23.9 Å². The van der Waals surface area contributed by atoms with E-state index in [1.54, 1.807) is 35.6 Å². The topological polar surface area (TPSA) is 113 Å². The third-order valence-corrected chi connectivity index (χ3v) is 8.81. The van der Waals surface area contributed by atoms with Gasteiger partial charge in [-0.15, -0.1) is 0 Å². The Morgan fingerprint density at radius 1 is 0.766 bits per heavy atom. The van der Waals surface area contributed by atoms with Crippen molar-refractivity contribution in [2.75, 3.05) is 70.9 Å². The summed E-state index contributed by atoms with van der Waals surface area (Å²) in [6.45, 7) is 8.63. The molecule has 5 heterocycles. The molecule has 2 amide bonds. The number of imidazole rings is 1. The summed E-state index contributed by atoms with van der Waals surface area (Å²) < 4.78 is 8.24. The largest absolute Gasteiger partial charge is 0.492 e. The molecule has 6 rings (SSSR count). The molecule has 2 aliphatic rings. The molecule has 1 fully saturated rings. The van der Waals surface area contributed by atoms with Crippen LogP contribution in [0.2, 0.25) is 0 Å². The number of ether oxygens (including phenoxy) is 1. The second kappa shape index (κ2) is 15.2. The highest BCUT2D eigenvalue weighted by Gasteiger charge is 2.23. The molecule has 1 saturated heterocycles. The highest BCUT2D eigenvalue weighted by molar-refractivity contribution is 5.95. The van der Waals surface area contributed by atoms with Crippen molar-refractivity contribution in [2.45, 2.75) is 32.7 Å². The Hall–Kier alpha value is -4.84. The highest BCUT2D eigenvalue weighted by Crippen LogP contribution is 2.24. The summed E-state index contributed by atoms with van der Waals surface area (Å²) in [5.41, 5.74) is 2.56. The van der Waals surface area contributed by atoms with Gasteiger partial charge in [-0.05, 0) is 57.5 Å². The predicted octanol–water partition coefficient (Wildman–Crippen LogP) is 3.64. The van der Waals surface area contributed by atoms with Gasteiger partial charge in [-0.2, -0.15) is 0 Å². The molecule has 47 heavy (non-hydrogen) atoms. The van der Waals surface area contributed by atoms with Crippen LogP contribution in [-0.2, 0) is 6.54 Å². The van der Waals surface area contributed by atoms with E-state index >= 15 is 0 Å². The van der Waals surface area contributed by atoms with Crippen molar-refractivity contribution in [3.63, 3.8) is 0 Å². The summed E-state index contributed by atoms with van der Waals surface area (Å²) in [6, 6.07) is 13.2. The van der Waals surface area contributed by atoms with Gasteiger partial charge in [0.2, 0.25) is 5.95 Å². The number of fused-ring (bicyclic) bond motifs is 4. The van der Waals surface area contributed by atoms with Gasteiger partial charge in [0.05, 0.1) is 17.8 Å². The van der Waals surface area contributed by atoms with Crippen molar-refractivity contribution < 1.29 is 14.3 Å². The monoisotopic (exact) mass is 637 g/mol. The van der Waals surface area contributed by atoms with Gasteiger partial charge in [0.25, 0.3) is 11.8 Å². The number of hydrogen-bond acceptors (Lipinski definition) is 9. The zero-order valence-electron chi connectivity index (χ0n) is 27.3. The van der Waals surface area contributed by atoms with Gasteiger partial charge in [0, 0.05) is 82.7 Å². The van der Waals surface area contributed by atoms with Gasteiger partial charge in [-0.25, -0.2) is 15.0 Å². The second-order valence-corrected chi connectivity index (χ2v) is 12.1. The number of anilines is 1. The lowest BCUT2D eigenvalue weighted by Crippen LogP contribution is -2.45. The van der Waals surface area contributed by atoms with Gasteiger partial charge < -0.3 is 28.9 Å². The van der Waals surface area contributed by atoms with Crippen molar-refractivity contribution in [3.05, 3.63) is 84.2 Å². The molecule has 0 spiro atoms. The molecular formula is C35H43N9O3. The summed E-state index contributed by atoms with van der Waals surface area (Å²) >= 11 is 0. The lowest BCUT2D eigenvalue weighted by atomic mass is 10.1. The van der Waals surface area contributed by atoms with Crippen molar-refractivity contribution >= 4 is 17.8 Å². The number of aromatic nitrogens is 5. The third kappa shape index (κ3) is 7.94. The number of likely N-dealkylation sites (N-methyl/N-ethyl adjacent to an activating group) is 1. The van der Waals surface area contributed by atoms with E-state index in [1.807, 2.05) is 48.4 Å². The fourth-order valence-electron chi connectivity index (χ4n) is 6.06. The average molecular weight is 638 g/mol. The van der Waals surface area contributed by atoms with Gasteiger partial charge in [-0.1, -0.05) is 18.2 Å². The van der Waals surface area contributed by atoms with Crippen LogP contribution in [0.25, 0.3) is 11.4 Å². The normalized spacial score (nSPS) is 17.0. The number of carbonyl (C=O) groups excluding carboxylic acids is 2. The number of rotatable bonds is 3. The summed E-state index contributed by atoms with van der Waals surface area (Å²) in [5, 5.41) is 0. The number of aryl methyl sites for hydroxylation is 2. The molecule has 246 valence electrons. The SMILES string of the molecule is Cc1nc(N2CCN(C)CC2)ncc1C(=O)N1CCCCN(C(=O)c2ccccn2)CCOc2cccc(c2)-c2nccn2CCC1.